The molecule has 0 atom stereocenters. The summed E-state index contributed by atoms with van der Waals surface area (Å²) in [6, 6.07) is 0. The van der Waals surface area contributed by atoms with Crippen molar-refractivity contribution in [1.82, 2.24) is 20.2 Å². The molecule has 2 N–H and O–H groups in total. The lowest BCUT2D eigenvalue weighted by atomic mass is 9.97. The smallest absolute Gasteiger partial charge is 0.306 e. The van der Waals surface area contributed by atoms with Gasteiger partial charge in [0, 0.05) is 39.3 Å². The fraction of sp³-hybridized carbons (Fsp3) is 0.846. The first-order valence-corrected chi connectivity index (χ1v) is 7.24. The van der Waals surface area contributed by atoms with E-state index in [0.29, 0.717) is 32.5 Å². The number of piperidine rings is 1. The van der Waals surface area contributed by atoms with Crippen LogP contribution in [0, 0.1) is 5.92 Å². The lowest BCUT2D eigenvalue weighted by molar-refractivity contribution is -0.145. The van der Waals surface area contributed by atoms with Crippen LogP contribution in [0.5, 0.6) is 0 Å². The maximum Gasteiger partial charge on any atom is 0.306 e. The number of hydrogen-bond acceptors (Lipinski definition) is 5. The van der Waals surface area contributed by atoms with Crippen molar-refractivity contribution in [3.8, 4) is 0 Å². The zero-order valence-electron chi connectivity index (χ0n) is 12.0. The molecule has 0 spiro atoms. The molecule has 0 bridgehead atoms. The van der Waals surface area contributed by atoms with Gasteiger partial charge in [-0.3, -0.25) is 9.59 Å². The lowest BCUT2D eigenvalue weighted by Gasteiger charge is -2.34. The second-order valence-electron chi connectivity index (χ2n) is 5.62. The summed E-state index contributed by atoms with van der Waals surface area (Å²) in [5, 5.41) is 11.0. The van der Waals surface area contributed by atoms with Gasteiger partial charge in [0.2, 0.25) is 5.91 Å². The maximum absolute atomic E-state index is 12.1. The molecule has 0 radical (unpaired) electrons. The van der Waals surface area contributed by atoms with Crippen LogP contribution in [0.3, 0.4) is 0 Å². The van der Waals surface area contributed by atoms with Gasteiger partial charge >= 0.3 is 5.97 Å². The molecule has 2 aliphatic rings. The summed E-state index contributed by atoms with van der Waals surface area (Å²) in [5.74, 6) is -0.968. The maximum atomic E-state index is 12.1. The van der Waals surface area contributed by atoms with Gasteiger partial charge in [-0.1, -0.05) is 0 Å². The number of nitrogens with zero attached hydrogens (tertiary/aromatic N) is 3. The van der Waals surface area contributed by atoms with Crippen molar-refractivity contribution >= 4 is 11.9 Å². The fourth-order valence-electron chi connectivity index (χ4n) is 2.63. The Balaban J connectivity index is 1.67. The van der Waals surface area contributed by atoms with Crippen LogP contribution in [0.2, 0.25) is 0 Å². The fourth-order valence-corrected chi connectivity index (χ4v) is 2.63. The third-order valence-corrected chi connectivity index (χ3v) is 4.15. The molecule has 2 aliphatic heterocycles. The van der Waals surface area contributed by atoms with Gasteiger partial charge in [0.1, 0.15) is 0 Å². The molecule has 0 saturated carbocycles. The van der Waals surface area contributed by atoms with E-state index < -0.39 is 5.97 Å². The first kappa shape index (κ1) is 15.2. The molecule has 2 heterocycles. The van der Waals surface area contributed by atoms with Gasteiger partial charge in [-0.25, -0.2) is 10.4 Å². The quantitative estimate of drug-likeness (QED) is 0.694. The molecule has 7 heteroatoms. The Bertz CT molecular complexity index is 348. The number of carboxylic acid groups (broad SMARTS) is 1. The minimum absolute atomic E-state index is 0.0627. The molecule has 114 valence electrons. The van der Waals surface area contributed by atoms with Crippen LogP contribution >= 0.6 is 0 Å². The summed E-state index contributed by atoms with van der Waals surface area (Å²) >= 11 is 0. The van der Waals surface area contributed by atoms with Crippen molar-refractivity contribution in [2.75, 3.05) is 52.9 Å². The van der Waals surface area contributed by atoms with Gasteiger partial charge in [-0.15, -0.1) is 0 Å². The lowest BCUT2D eigenvalue weighted by Crippen LogP contribution is -2.53. The number of piperazine rings is 1. The van der Waals surface area contributed by atoms with Gasteiger partial charge in [-0.05, 0) is 19.9 Å². The molecule has 0 aliphatic carbocycles. The first-order chi connectivity index (χ1) is 9.56. The number of amides is 1. The van der Waals surface area contributed by atoms with Crippen LogP contribution in [0.25, 0.3) is 0 Å². The Hall–Kier alpha value is -1.18. The van der Waals surface area contributed by atoms with E-state index in [2.05, 4.69) is 22.4 Å². The normalized spacial score (nSPS) is 22.9. The van der Waals surface area contributed by atoms with Crippen molar-refractivity contribution in [1.29, 1.82) is 0 Å². The molecule has 0 unspecified atom stereocenters. The number of carbonyl (C=O) groups excluding carboxylic acids is 1. The standard InChI is InChI=1S/C13H24N4O3/c1-15-6-8-17(9-7-15)14-10-12(18)16-4-2-11(3-5-16)13(19)20/h11,14H,2-10H2,1H3,(H,19,20). The molecular formula is C13H24N4O3. The van der Waals surface area contributed by atoms with E-state index >= 15 is 0 Å². The Morgan fingerprint density at radius 1 is 1.10 bits per heavy atom. The largest absolute Gasteiger partial charge is 0.481 e. The van der Waals surface area contributed by atoms with Crippen LogP contribution in [0.4, 0.5) is 0 Å². The van der Waals surface area contributed by atoms with Gasteiger partial charge < -0.3 is 14.9 Å². The predicted molar refractivity (Wildman–Crippen MR) is 74.0 cm³/mol. The van der Waals surface area contributed by atoms with Crippen LogP contribution in [0.1, 0.15) is 12.8 Å². The molecule has 7 nitrogen and oxygen atoms in total. The van der Waals surface area contributed by atoms with E-state index in [1.54, 1.807) is 4.90 Å². The molecule has 0 aromatic carbocycles. The van der Waals surface area contributed by atoms with Gasteiger partial charge in [0.05, 0.1) is 12.5 Å². The number of nitrogens with one attached hydrogen (secondary N) is 1. The zero-order valence-corrected chi connectivity index (χ0v) is 12.0. The highest BCUT2D eigenvalue weighted by Gasteiger charge is 2.27. The van der Waals surface area contributed by atoms with Crippen LogP contribution in [-0.2, 0) is 9.59 Å². The van der Waals surface area contributed by atoms with Gasteiger partial charge in [0.25, 0.3) is 0 Å². The molecule has 0 aromatic rings. The monoisotopic (exact) mass is 284 g/mol. The number of carbonyl (C=O) groups is 2. The summed E-state index contributed by atoms with van der Waals surface area (Å²) in [6.07, 6.45) is 1.13. The zero-order chi connectivity index (χ0) is 14.5. The Labute approximate surface area is 119 Å². The second-order valence-corrected chi connectivity index (χ2v) is 5.62. The number of aliphatic carboxylic acids is 1. The van der Waals surface area contributed by atoms with Crippen molar-refractivity contribution in [2.24, 2.45) is 5.92 Å². The van der Waals surface area contributed by atoms with E-state index in [-0.39, 0.29) is 11.8 Å². The molecule has 2 rings (SSSR count). The summed E-state index contributed by atoms with van der Waals surface area (Å²) in [6.45, 7) is 5.27. The number of rotatable bonds is 4. The first-order valence-electron chi connectivity index (χ1n) is 7.24. The third kappa shape index (κ3) is 4.16. The molecule has 2 saturated heterocycles. The van der Waals surface area contributed by atoms with Crippen LogP contribution in [-0.4, -0.2) is 84.7 Å². The third-order valence-electron chi connectivity index (χ3n) is 4.15. The van der Waals surface area contributed by atoms with E-state index in [0.717, 1.165) is 26.2 Å². The molecule has 2 fully saturated rings. The van der Waals surface area contributed by atoms with Gasteiger partial charge in [-0.2, -0.15) is 0 Å². The second kappa shape index (κ2) is 7.01. The van der Waals surface area contributed by atoms with Crippen molar-refractivity contribution in [3.05, 3.63) is 0 Å². The molecular weight excluding hydrogens is 260 g/mol. The SMILES string of the molecule is CN1CCN(NCC(=O)N2CCC(C(=O)O)CC2)CC1. The highest BCUT2D eigenvalue weighted by Crippen LogP contribution is 2.17. The Morgan fingerprint density at radius 3 is 2.25 bits per heavy atom. The topological polar surface area (TPSA) is 76.1 Å². The minimum Gasteiger partial charge on any atom is -0.481 e. The van der Waals surface area contributed by atoms with E-state index in [1.165, 1.54) is 0 Å². The van der Waals surface area contributed by atoms with Crippen molar-refractivity contribution < 1.29 is 14.7 Å². The van der Waals surface area contributed by atoms with E-state index in [1.807, 2.05) is 0 Å². The summed E-state index contributed by atoms with van der Waals surface area (Å²) < 4.78 is 0. The average Bonchev–Trinajstić information content (AvgIpc) is 2.46. The number of hydrazine groups is 1. The average molecular weight is 284 g/mol. The van der Waals surface area contributed by atoms with Crippen LogP contribution in [0.15, 0.2) is 0 Å². The van der Waals surface area contributed by atoms with E-state index in [9.17, 15) is 9.59 Å². The van der Waals surface area contributed by atoms with Crippen molar-refractivity contribution in [3.63, 3.8) is 0 Å². The Kier molecular flexibility index (Phi) is 5.33. The summed E-state index contributed by atoms with van der Waals surface area (Å²) in [7, 11) is 2.09. The number of hydrogen-bond donors (Lipinski definition) is 2. The minimum atomic E-state index is -0.743. The summed E-state index contributed by atoms with van der Waals surface area (Å²) in [4.78, 5) is 27.0. The number of carboxylic acids is 1. The molecule has 20 heavy (non-hydrogen) atoms. The predicted octanol–water partition coefficient (Wildman–Crippen LogP) is -0.938. The van der Waals surface area contributed by atoms with Crippen LogP contribution < -0.4 is 5.43 Å². The summed E-state index contributed by atoms with van der Waals surface area (Å²) in [5.41, 5.74) is 3.17. The molecule has 1 amide bonds. The van der Waals surface area contributed by atoms with E-state index in [4.69, 9.17) is 5.11 Å². The molecule has 0 aromatic heterocycles. The highest BCUT2D eigenvalue weighted by molar-refractivity contribution is 5.78. The highest BCUT2D eigenvalue weighted by atomic mass is 16.4. The number of likely N-dealkylation sites (N-methyl/N-ethyl adjacent to an activating group) is 1. The van der Waals surface area contributed by atoms with Crippen molar-refractivity contribution in [2.45, 2.75) is 12.8 Å². The van der Waals surface area contributed by atoms with Gasteiger partial charge in [0.15, 0.2) is 0 Å². The number of likely N-dealkylation sites (tertiary alicyclic amines) is 1. The Morgan fingerprint density at radius 2 is 1.70 bits per heavy atom.